The van der Waals surface area contributed by atoms with Gasteiger partial charge in [0.05, 0.1) is 12.7 Å². The van der Waals surface area contributed by atoms with Crippen LogP contribution in [0, 0.1) is 0 Å². The molecule has 2 aromatic heterocycles. The molecule has 0 spiro atoms. The van der Waals surface area contributed by atoms with Crippen LogP contribution in [0.3, 0.4) is 0 Å². The number of aromatic nitrogens is 5. The molecule has 0 fully saturated rings. The molecule has 3 rings (SSSR count). The van der Waals surface area contributed by atoms with Crippen LogP contribution in [0.15, 0.2) is 17.6 Å². The molecule has 0 amide bonds. The highest BCUT2D eigenvalue weighted by molar-refractivity contribution is 7.89. The van der Waals surface area contributed by atoms with Gasteiger partial charge < -0.3 is 9.88 Å². The van der Waals surface area contributed by atoms with Gasteiger partial charge in [-0.15, -0.1) is 10.2 Å². The van der Waals surface area contributed by atoms with Gasteiger partial charge in [-0.3, -0.25) is 5.10 Å². The Hall–Kier alpha value is -1.78. The maximum absolute atomic E-state index is 12.6. The van der Waals surface area contributed by atoms with E-state index in [2.05, 4.69) is 25.7 Å². The maximum Gasteiger partial charge on any atom is 0.260 e. The standard InChI is InChI=1S/C10H15N7O2S/c1-11-4-8-5-12-15-10(8)20(18,19)17-3-2-16-7-13-14-9(16)6-17/h5,7,11H,2-4,6H2,1H3,(H,12,15). The van der Waals surface area contributed by atoms with Gasteiger partial charge in [-0.1, -0.05) is 0 Å². The molecule has 0 bridgehead atoms. The number of nitrogens with zero attached hydrogens (tertiary/aromatic N) is 5. The molecule has 20 heavy (non-hydrogen) atoms. The first-order valence-corrected chi connectivity index (χ1v) is 7.60. The first-order valence-electron chi connectivity index (χ1n) is 6.16. The first kappa shape index (κ1) is 13.2. The zero-order chi connectivity index (χ0) is 14.2. The molecule has 0 saturated carbocycles. The Labute approximate surface area is 116 Å². The summed E-state index contributed by atoms with van der Waals surface area (Å²) in [6.07, 6.45) is 3.14. The van der Waals surface area contributed by atoms with Crippen LogP contribution >= 0.6 is 0 Å². The van der Waals surface area contributed by atoms with Crippen molar-refractivity contribution in [2.45, 2.75) is 24.7 Å². The molecule has 1 aliphatic heterocycles. The molecule has 2 aromatic rings. The molecule has 0 saturated heterocycles. The fourth-order valence-electron chi connectivity index (χ4n) is 2.22. The summed E-state index contributed by atoms with van der Waals surface area (Å²) in [7, 11) is -1.84. The number of hydrogen-bond acceptors (Lipinski definition) is 6. The maximum atomic E-state index is 12.6. The van der Waals surface area contributed by atoms with Crippen molar-refractivity contribution in [3.8, 4) is 0 Å². The second-order valence-electron chi connectivity index (χ2n) is 4.53. The lowest BCUT2D eigenvalue weighted by molar-refractivity contribution is 0.334. The summed E-state index contributed by atoms with van der Waals surface area (Å²) in [4.78, 5) is 0. The van der Waals surface area contributed by atoms with E-state index in [1.165, 1.54) is 10.5 Å². The Morgan fingerprint density at radius 3 is 3.10 bits per heavy atom. The molecule has 1 aliphatic rings. The highest BCUT2D eigenvalue weighted by Crippen LogP contribution is 2.21. The lowest BCUT2D eigenvalue weighted by Gasteiger charge is -2.26. The van der Waals surface area contributed by atoms with Crippen molar-refractivity contribution in [2.75, 3.05) is 13.6 Å². The van der Waals surface area contributed by atoms with Gasteiger partial charge in [0.2, 0.25) is 0 Å². The van der Waals surface area contributed by atoms with Crippen molar-refractivity contribution in [2.24, 2.45) is 0 Å². The monoisotopic (exact) mass is 297 g/mol. The molecule has 0 radical (unpaired) electrons. The van der Waals surface area contributed by atoms with Gasteiger partial charge >= 0.3 is 0 Å². The Morgan fingerprint density at radius 2 is 2.30 bits per heavy atom. The third-order valence-corrected chi connectivity index (χ3v) is 5.11. The molecular weight excluding hydrogens is 282 g/mol. The van der Waals surface area contributed by atoms with E-state index in [1.807, 2.05) is 4.57 Å². The van der Waals surface area contributed by atoms with Crippen LogP contribution in [0.1, 0.15) is 11.4 Å². The normalized spacial score (nSPS) is 16.2. The van der Waals surface area contributed by atoms with Crippen molar-refractivity contribution in [1.29, 1.82) is 0 Å². The summed E-state index contributed by atoms with van der Waals surface area (Å²) in [5.74, 6) is 0.648. The fourth-order valence-corrected chi connectivity index (χ4v) is 3.71. The number of aromatic amines is 1. The van der Waals surface area contributed by atoms with Gasteiger partial charge in [0.1, 0.15) is 12.2 Å². The van der Waals surface area contributed by atoms with Crippen molar-refractivity contribution >= 4 is 10.0 Å². The molecule has 0 aliphatic carbocycles. The SMILES string of the molecule is CNCc1cn[nH]c1S(=O)(=O)N1CCn2cnnc2C1. The Morgan fingerprint density at radius 1 is 1.45 bits per heavy atom. The number of hydrogen-bond donors (Lipinski definition) is 2. The molecule has 0 aromatic carbocycles. The molecule has 9 nitrogen and oxygen atoms in total. The second kappa shape index (κ2) is 4.96. The van der Waals surface area contributed by atoms with E-state index in [-0.39, 0.29) is 11.6 Å². The number of rotatable bonds is 4. The molecule has 10 heteroatoms. The van der Waals surface area contributed by atoms with E-state index in [0.717, 1.165) is 0 Å². The summed E-state index contributed by atoms with van der Waals surface area (Å²) in [5, 5.41) is 17.2. The summed E-state index contributed by atoms with van der Waals surface area (Å²) in [6.45, 7) is 1.61. The van der Waals surface area contributed by atoms with Crippen LogP contribution in [-0.4, -0.2) is 51.3 Å². The third-order valence-electron chi connectivity index (χ3n) is 3.25. The van der Waals surface area contributed by atoms with Crippen LogP contribution in [0.25, 0.3) is 0 Å². The van der Waals surface area contributed by atoms with Crippen LogP contribution < -0.4 is 5.32 Å². The average molecular weight is 297 g/mol. The van der Waals surface area contributed by atoms with Crippen molar-refractivity contribution < 1.29 is 8.42 Å². The average Bonchev–Trinajstić information content (AvgIpc) is 3.06. The van der Waals surface area contributed by atoms with Crippen LogP contribution in [-0.2, 0) is 29.7 Å². The smallest absolute Gasteiger partial charge is 0.260 e. The van der Waals surface area contributed by atoms with Gasteiger partial charge in [-0.05, 0) is 7.05 Å². The van der Waals surface area contributed by atoms with Gasteiger partial charge in [-0.25, -0.2) is 8.42 Å². The zero-order valence-electron chi connectivity index (χ0n) is 10.9. The van der Waals surface area contributed by atoms with Gasteiger partial charge in [0.15, 0.2) is 5.03 Å². The summed E-state index contributed by atoms with van der Waals surface area (Å²) in [6, 6.07) is 0. The Bertz CT molecular complexity index is 705. The van der Waals surface area contributed by atoms with Crippen molar-refractivity contribution in [1.82, 2.24) is 34.6 Å². The summed E-state index contributed by atoms with van der Waals surface area (Å²) < 4.78 is 28.5. The minimum absolute atomic E-state index is 0.139. The van der Waals surface area contributed by atoms with E-state index in [4.69, 9.17) is 0 Å². The molecular formula is C10H15N7O2S. The van der Waals surface area contributed by atoms with Crippen LogP contribution in [0.5, 0.6) is 0 Å². The predicted octanol–water partition coefficient (Wildman–Crippen LogP) is -1.07. The molecule has 3 heterocycles. The molecule has 108 valence electrons. The van der Waals surface area contributed by atoms with Crippen LogP contribution in [0.4, 0.5) is 0 Å². The van der Waals surface area contributed by atoms with E-state index >= 15 is 0 Å². The number of sulfonamides is 1. The second-order valence-corrected chi connectivity index (χ2v) is 6.41. The van der Waals surface area contributed by atoms with E-state index in [0.29, 0.717) is 31.0 Å². The number of fused-ring (bicyclic) bond motifs is 1. The Kier molecular flexibility index (Phi) is 3.28. The molecule has 0 unspecified atom stereocenters. The minimum atomic E-state index is -3.60. The third kappa shape index (κ3) is 2.11. The first-order chi connectivity index (χ1) is 9.63. The van der Waals surface area contributed by atoms with E-state index in [9.17, 15) is 8.42 Å². The van der Waals surface area contributed by atoms with Crippen molar-refractivity contribution in [3.63, 3.8) is 0 Å². The Balaban J connectivity index is 1.91. The molecule has 0 atom stereocenters. The zero-order valence-corrected chi connectivity index (χ0v) is 11.8. The van der Waals surface area contributed by atoms with E-state index in [1.54, 1.807) is 13.4 Å². The quantitative estimate of drug-likeness (QED) is 0.743. The summed E-state index contributed by atoms with van der Waals surface area (Å²) >= 11 is 0. The topological polar surface area (TPSA) is 109 Å². The van der Waals surface area contributed by atoms with Crippen LogP contribution in [0.2, 0.25) is 0 Å². The summed E-state index contributed by atoms with van der Waals surface area (Å²) in [5.41, 5.74) is 0.625. The predicted molar refractivity (Wildman–Crippen MR) is 69.0 cm³/mol. The molecule has 2 N–H and O–H groups in total. The fraction of sp³-hybridized carbons (Fsp3) is 0.500. The van der Waals surface area contributed by atoms with Gasteiger partial charge in [0.25, 0.3) is 10.0 Å². The largest absolute Gasteiger partial charge is 0.316 e. The number of H-pyrrole nitrogens is 1. The number of nitrogens with one attached hydrogen (secondary N) is 2. The minimum Gasteiger partial charge on any atom is -0.316 e. The van der Waals surface area contributed by atoms with Gasteiger partial charge in [-0.2, -0.15) is 9.40 Å². The highest BCUT2D eigenvalue weighted by Gasteiger charge is 2.32. The lowest BCUT2D eigenvalue weighted by atomic mass is 10.4. The van der Waals surface area contributed by atoms with E-state index < -0.39 is 10.0 Å². The van der Waals surface area contributed by atoms with Gasteiger partial charge in [0, 0.05) is 25.2 Å². The lowest BCUT2D eigenvalue weighted by Crippen LogP contribution is -2.38. The van der Waals surface area contributed by atoms with Crippen molar-refractivity contribution in [3.05, 3.63) is 23.9 Å². The highest BCUT2D eigenvalue weighted by atomic mass is 32.2.